The smallest absolute Gasteiger partial charge is 0.396 e. The number of likely N-dealkylation sites (N-methyl/N-ethyl adjacent to an activating group) is 1. The molecule has 19 heavy (non-hydrogen) atoms. The van der Waals surface area contributed by atoms with Crippen LogP contribution in [0.5, 0.6) is 0 Å². The molecule has 0 unspecified atom stereocenters. The van der Waals surface area contributed by atoms with Gasteiger partial charge >= 0.3 is 6.18 Å². The number of aromatic nitrogens is 1. The number of halogens is 3. The van der Waals surface area contributed by atoms with Crippen molar-refractivity contribution >= 4 is 11.4 Å². The third-order valence-corrected chi connectivity index (χ3v) is 3.15. The lowest BCUT2D eigenvalue weighted by Gasteiger charge is -2.33. The monoisotopic (exact) mass is 276 g/mol. The second-order valence-corrected chi connectivity index (χ2v) is 5.21. The minimum atomic E-state index is -4.47. The van der Waals surface area contributed by atoms with Crippen LogP contribution in [0.4, 0.5) is 24.5 Å². The first-order valence-electron chi connectivity index (χ1n) is 5.78. The number of nitrogens with zero attached hydrogens (tertiary/aromatic N) is 2. The Balaban J connectivity index is 2.90. The van der Waals surface area contributed by atoms with Crippen molar-refractivity contribution in [3.63, 3.8) is 0 Å². The fourth-order valence-corrected chi connectivity index (χ4v) is 1.24. The normalized spacial score (nSPS) is 12.8. The molecule has 0 atom stereocenters. The molecule has 0 aliphatic rings. The zero-order valence-corrected chi connectivity index (χ0v) is 11.5. The van der Waals surface area contributed by atoms with Crippen LogP contribution >= 0.6 is 0 Å². The Morgan fingerprint density at radius 1 is 1.32 bits per heavy atom. The predicted octanol–water partition coefficient (Wildman–Crippen LogP) is 2.43. The molecule has 1 heterocycles. The molecule has 108 valence electrons. The van der Waals surface area contributed by atoms with Gasteiger partial charge in [-0.3, -0.25) is 0 Å². The van der Waals surface area contributed by atoms with Gasteiger partial charge in [-0.2, -0.15) is 13.2 Å². The van der Waals surface area contributed by atoms with Crippen molar-refractivity contribution in [1.29, 1.82) is 0 Å². The van der Waals surface area contributed by atoms with Gasteiger partial charge in [0.2, 0.25) is 0 Å². The second-order valence-electron chi connectivity index (χ2n) is 5.21. The Bertz CT molecular complexity index is 441. The Labute approximate surface area is 110 Å². The number of anilines is 2. The molecule has 0 amide bonds. The minimum absolute atomic E-state index is 0.197. The molecule has 0 aromatic carbocycles. The Kier molecular flexibility index (Phi) is 4.29. The van der Waals surface area contributed by atoms with E-state index in [1.807, 2.05) is 32.8 Å². The summed E-state index contributed by atoms with van der Waals surface area (Å²) in [5.74, 6) is 0. The summed E-state index contributed by atoms with van der Waals surface area (Å²) in [6.07, 6.45) is -3.45. The Morgan fingerprint density at radius 2 is 1.89 bits per heavy atom. The topological polar surface area (TPSA) is 54.2 Å². The number of nitrogens with two attached hydrogens (primary N) is 1. The fourth-order valence-electron chi connectivity index (χ4n) is 1.24. The zero-order valence-electron chi connectivity index (χ0n) is 11.5. The first kappa shape index (κ1) is 15.6. The number of hydrogen-bond donors (Lipinski definition) is 2. The number of pyridine rings is 1. The highest BCUT2D eigenvalue weighted by Crippen LogP contribution is 2.31. The Hall–Kier alpha value is -1.50. The van der Waals surface area contributed by atoms with Crippen molar-refractivity contribution in [2.45, 2.75) is 25.6 Å². The third-order valence-electron chi connectivity index (χ3n) is 3.15. The standard InChI is InChI=1S/C12H19F3N4/c1-11(2,19(3)4)7-18-9-5-10(12(13,14)15)17-6-8(9)16/h5-6H,7,16H2,1-4H3,(H,17,18). The molecule has 0 saturated heterocycles. The van der Waals surface area contributed by atoms with E-state index in [-0.39, 0.29) is 16.9 Å². The quantitative estimate of drug-likeness (QED) is 0.887. The van der Waals surface area contributed by atoms with E-state index in [9.17, 15) is 13.2 Å². The summed E-state index contributed by atoms with van der Waals surface area (Å²) >= 11 is 0. The van der Waals surface area contributed by atoms with Crippen LogP contribution in [0.25, 0.3) is 0 Å². The van der Waals surface area contributed by atoms with Crippen molar-refractivity contribution < 1.29 is 13.2 Å². The maximum absolute atomic E-state index is 12.6. The summed E-state index contributed by atoms with van der Waals surface area (Å²) < 4.78 is 37.7. The highest BCUT2D eigenvalue weighted by Gasteiger charge is 2.33. The molecule has 7 heteroatoms. The largest absolute Gasteiger partial charge is 0.433 e. The third kappa shape index (κ3) is 3.99. The van der Waals surface area contributed by atoms with E-state index < -0.39 is 11.9 Å². The summed E-state index contributed by atoms with van der Waals surface area (Å²) in [6, 6.07) is 0.932. The van der Waals surface area contributed by atoms with Crippen molar-refractivity contribution in [3.05, 3.63) is 18.0 Å². The van der Waals surface area contributed by atoms with Gasteiger partial charge in [-0.05, 0) is 34.0 Å². The molecular weight excluding hydrogens is 257 g/mol. The van der Waals surface area contributed by atoms with Crippen LogP contribution in [0.2, 0.25) is 0 Å². The van der Waals surface area contributed by atoms with E-state index in [0.29, 0.717) is 6.54 Å². The molecule has 0 aliphatic heterocycles. The van der Waals surface area contributed by atoms with Gasteiger partial charge in [-0.1, -0.05) is 0 Å². The van der Waals surface area contributed by atoms with Gasteiger partial charge in [0.15, 0.2) is 0 Å². The maximum Gasteiger partial charge on any atom is 0.433 e. The SMILES string of the molecule is CN(C)C(C)(C)CNc1cc(C(F)(F)F)ncc1N. The molecule has 1 aromatic rings. The molecule has 0 saturated carbocycles. The van der Waals surface area contributed by atoms with Crippen LogP contribution in [0.1, 0.15) is 19.5 Å². The number of nitrogens with one attached hydrogen (secondary N) is 1. The lowest BCUT2D eigenvalue weighted by Crippen LogP contribution is -2.44. The minimum Gasteiger partial charge on any atom is -0.396 e. The van der Waals surface area contributed by atoms with Crippen molar-refractivity contribution in [3.8, 4) is 0 Å². The molecule has 3 N–H and O–H groups in total. The van der Waals surface area contributed by atoms with Crippen LogP contribution in [0.3, 0.4) is 0 Å². The summed E-state index contributed by atoms with van der Waals surface area (Å²) in [7, 11) is 3.80. The molecule has 4 nitrogen and oxygen atoms in total. The zero-order chi connectivity index (χ0) is 14.8. The van der Waals surface area contributed by atoms with Gasteiger partial charge < -0.3 is 16.0 Å². The Morgan fingerprint density at radius 3 is 2.37 bits per heavy atom. The van der Waals surface area contributed by atoms with E-state index >= 15 is 0 Å². The van der Waals surface area contributed by atoms with Crippen LogP contribution in [-0.4, -0.2) is 36.1 Å². The first-order valence-corrected chi connectivity index (χ1v) is 5.78. The number of rotatable bonds is 4. The highest BCUT2D eigenvalue weighted by atomic mass is 19.4. The van der Waals surface area contributed by atoms with Crippen LogP contribution in [0.15, 0.2) is 12.3 Å². The van der Waals surface area contributed by atoms with Gasteiger partial charge in [-0.15, -0.1) is 0 Å². The number of alkyl halides is 3. The van der Waals surface area contributed by atoms with E-state index in [1.54, 1.807) is 0 Å². The molecule has 0 radical (unpaired) electrons. The lowest BCUT2D eigenvalue weighted by molar-refractivity contribution is -0.141. The maximum atomic E-state index is 12.6. The van der Waals surface area contributed by atoms with E-state index in [0.717, 1.165) is 12.3 Å². The van der Waals surface area contributed by atoms with E-state index in [1.165, 1.54) is 0 Å². The van der Waals surface area contributed by atoms with E-state index in [2.05, 4.69) is 10.3 Å². The molecule has 0 bridgehead atoms. The van der Waals surface area contributed by atoms with Crippen LogP contribution in [-0.2, 0) is 6.18 Å². The van der Waals surface area contributed by atoms with Crippen molar-refractivity contribution in [2.24, 2.45) is 0 Å². The van der Waals surface area contributed by atoms with Gasteiger partial charge in [0.1, 0.15) is 5.69 Å². The lowest BCUT2D eigenvalue weighted by atomic mass is 10.0. The molecule has 1 aromatic heterocycles. The van der Waals surface area contributed by atoms with Crippen molar-refractivity contribution in [1.82, 2.24) is 9.88 Å². The van der Waals surface area contributed by atoms with Crippen LogP contribution in [0, 0.1) is 0 Å². The summed E-state index contributed by atoms with van der Waals surface area (Å²) in [4.78, 5) is 5.26. The molecule has 1 rings (SSSR count). The van der Waals surface area contributed by atoms with Gasteiger partial charge in [0.25, 0.3) is 0 Å². The van der Waals surface area contributed by atoms with Gasteiger partial charge in [0, 0.05) is 12.1 Å². The highest BCUT2D eigenvalue weighted by molar-refractivity contribution is 5.65. The first-order chi connectivity index (χ1) is 8.54. The average Bonchev–Trinajstić information content (AvgIpc) is 2.26. The van der Waals surface area contributed by atoms with E-state index in [4.69, 9.17) is 5.73 Å². The predicted molar refractivity (Wildman–Crippen MR) is 69.9 cm³/mol. The summed E-state index contributed by atoms with van der Waals surface area (Å²) in [5, 5.41) is 2.94. The van der Waals surface area contributed by atoms with Gasteiger partial charge in [0.05, 0.1) is 17.6 Å². The molecule has 0 fully saturated rings. The number of nitrogen functional groups attached to an aromatic ring is 1. The molecular formula is C12H19F3N4. The average molecular weight is 276 g/mol. The molecule has 0 spiro atoms. The van der Waals surface area contributed by atoms with Crippen LogP contribution < -0.4 is 11.1 Å². The fraction of sp³-hybridized carbons (Fsp3) is 0.583. The number of hydrogen-bond acceptors (Lipinski definition) is 4. The van der Waals surface area contributed by atoms with Crippen molar-refractivity contribution in [2.75, 3.05) is 31.7 Å². The summed E-state index contributed by atoms with van der Waals surface area (Å²) in [6.45, 7) is 4.41. The summed E-state index contributed by atoms with van der Waals surface area (Å²) in [5.41, 5.74) is 4.91. The molecule has 0 aliphatic carbocycles. The second kappa shape index (κ2) is 5.24. The van der Waals surface area contributed by atoms with Gasteiger partial charge in [-0.25, -0.2) is 4.98 Å².